The minimum atomic E-state index is -0.464. The van der Waals surface area contributed by atoms with Crippen LogP contribution in [0.4, 0.5) is 0 Å². The molecule has 3 atom stereocenters. The average Bonchev–Trinajstić information content (AvgIpc) is 2.50. The number of hydrogen-bond donors (Lipinski definition) is 2. The first-order chi connectivity index (χ1) is 10.5. The molecule has 1 aromatic carbocycles. The van der Waals surface area contributed by atoms with Crippen LogP contribution < -0.4 is 10.1 Å². The molecule has 0 aromatic heterocycles. The Morgan fingerprint density at radius 3 is 2.59 bits per heavy atom. The highest BCUT2D eigenvalue weighted by Gasteiger charge is 2.21. The summed E-state index contributed by atoms with van der Waals surface area (Å²) in [5.41, 5.74) is 3.52. The Balaban J connectivity index is 1.80. The summed E-state index contributed by atoms with van der Waals surface area (Å²) in [6.07, 6.45) is 4.71. The van der Waals surface area contributed by atoms with Crippen molar-refractivity contribution >= 4 is 0 Å². The summed E-state index contributed by atoms with van der Waals surface area (Å²) in [5, 5.41) is 13.7. The van der Waals surface area contributed by atoms with Crippen molar-refractivity contribution in [1.29, 1.82) is 0 Å². The maximum absolute atomic E-state index is 10.2. The maximum Gasteiger partial charge on any atom is 0.125 e. The van der Waals surface area contributed by atoms with Crippen molar-refractivity contribution in [2.24, 2.45) is 5.92 Å². The van der Waals surface area contributed by atoms with Gasteiger partial charge in [0.25, 0.3) is 0 Å². The summed E-state index contributed by atoms with van der Waals surface area (Å²) in [4.78, 5) is 0. The number of rotatable bonds is 6. The third-order valence-corrected chi connectivity index (χ3v) is 5.02. The summed E-state index contributed by atoms with van der Waals surface area (Å²) in [6, 6.07) is 4.73. The van der Waals surface area contributed by atoms with Gasteiger partial charge in [-0.05, 0) is 56.2 Å². The van der Waals surface area contributed by atoms with Gasteiger partial charge in [-0.3, -0.25) is 0 Å². The molecule has 2 N–H and O–H groups in total. The van der Waals surface area contributed by atoms with E-state index in [1.54, 1.807) is 0 Å². The van der Waals surface area contributed by atoms with Crippen molar-refractivity contribution < 1.29 is 9.84 Å². The standard InChI is InChI=1S/C19H31NO2/c1-13-9-10-15(3)19(16(13)4)22-12-17(21)11-20-18-8-6-5-7-14(18)2/h9-10,14,17-18,20-21H,5-8,11-12H2,1-4H3/t14-,17-,18+/m1/s1. The number of aryl methyl sites for hydroxylation is 2. The predicted octanol–water partition coefficient (Wildman–Crippen LogP) is 3.52. The highest BCUT2D eigenvalue weighted by Crippen LogP contribution is 2.26. The van der Waals surface area contributed by atoms with Gasteiger partial charge in [0.1, 0.15) is 18.5 Å². The van der Waals surface area contributed by atoms with Crippen molar-refractivity contribution in [3.05, 3.63) is 28.8 Å². The van der Waals surface area contributed by atoms with Crippen LogP contribution in [0, 0.1) is 26.7 Å². The molecule has 2 rings (SSSR count). The fourth-order valence-corrected chi connectivity index (χ4v) is 3.29. The second kappa shape index (κ2) is 7.98. The number of aliphatic hydroxyl groups excluding tert-OH is 1. The highest BCUT2D eigenvalue weighted by molar-refractivity contribution is 5.44. The third kappa shape index (κ3) is 4.47. The van der Waals surface area contributed by atoms with Crippen molar-refractivity contribution in [3.8, 4) is 5.75 Å². The molecule has 1 saturated carbocycles. The van der Waals surface area contributed by atoms with Gasteiger partial charge in [-0.1, -0.05) is 31.9 Å². The smallest absolute Gasteiger partial charge is 0.125 e. The minimum Gasteiger partial charge on any atom is -0.490 e. The van der Waals surface area contributed by atoms with Gasteiger partial charge in [0.15, 0.2) is 0 Å². The normalized spacial score (nSPS) is 23.3. The molecule has 1 aliphatic carbocycles. The van der Waals surface area contributed by atoms with E-state index in [-0.39, 0.29) is 0 Å². The van der Waals surface area contributed by atoms with Gasteiger partial charge in [0.05, 0.1) is 0 Å². The number of ether oxygens (including phenoxy) is 1. The quantitative estimate of drug-likeness (QED) is 0.845. The van der Waals surface area contributed by atoms with Crippen LogP contribution in [0.2, 0.25) is 0 Å². The van der Waals surface area contributed by atoms with E-state index in [9.17, 15) is 5.11 Å². The maximum atomic E-state index is 10.2. The lowest BCUT2D eigenvalue weighted by Gasteiger charge is -2.30. The van der Waals surface area contributed by atoms with Crippen LogP contribution >= 0.6 is 0 Å². The zero-order valence-electron chi connectivity index (χ0n) is 14.5. The second-order valence-electron chi connectivity index (χ2n) is 6.89. The lowest BCUT2D eigenvalue weighted by molar-refractivity contribution is 0.0978. The SMILES string of the molecule is Cc1ccc(C)c(OC[C@H](O)CN[C@H]2CCCC[C@H]2C)c1C. The Morgan fingerprint density at radius 1 is 1.18 bits per heavy atom. The molecule has 0 aliphatic heterocycles. The first-order valence-electron chi connectivity index (χ1n) is 8.60. The summed E-state index contributed by atoms with van der Waals surface area (Å²) in [7, 11) is 0. The summed E-state index contributed by atoms with van der Waals surface area (Å²) < 4.78 is 5.89. The van der Waals surface area contributed by atoms with Crippen LogP contribution in [0.1, 0.15) is 49.3 Å². The molecular formula is C19H31NO2. The highest BCUT2D eigenvalue weighted by atomic mass is 16.5. The van der Waals surface area contributed by atoms with Crippen molar-refractivity contribution in [2.45, 2.75) is 65.5 Å². The number of hydrogen-bond acceptors (Lipinski definition) is 3. The van der Waals surface area contributed by atoms with Gasteiger partial charge in [-0.15, -0.1) is 0 Å². The Morgan fingerprint density at radius 2 is 1.86 bits per heavy atom. The van der Waals surface area contributed by atoms with Crippen LogP contribution in [-0.2, 0) is 0 Å². The monoisotopic (exact) mass is 305 g/mol. The molecule has 0 unspecified atom stereocenters. The van der Waals surface area contributed by atoms with Gasteiger partial charge in [0, 0.05) is 12.6 Å². The molecule has 22 heavy (non-hydrogen) atoms. The molecule has 0 saturated heterocycles. The largest absolute Gasteiger partial charge is 0.490 e. The molecule has 0 radical (unpaired) electrons. The Kier molecular flexibility index (Phi) is 6.27. The summed E-state index contributed by atoms with van der Waals surface area (Å²) in [5.74, 6) is 1.63. The minimum absolute atomic E-state index is 0.346. The first-order valence-corrected chi connectivity index (χ1v) is 8.60. The lowest BCUT2D eigenvalue weighted by Crippen LogP contribution is -2.42. The number of aliphatic hydroxyl groups is 1. The summed E-state index contributed by atoms with van der Waals surface area (Å²) in [6.45, 7) is 9.48. The molecule has 1 aromatic rings. The number of benzene rings is 1. The molecule has 0 bridgehead atoms. The molecule has 3 heteroatoms. The Hall–Kier alpha value is -1.06. The van der Waals surface area contributed by atoms with Crippen LogP contribution in [0.5, 0.6) is 5.75 Å². The topological polar surface area (TPSA) is 41.5 Å². The molecule has 0 amide bonds. The Labute approximate surface area is 135 Å². The molecule has 0 spiro atoms. The number of nitrogens with one attached hydrogen (secondary N) is 1. The van der Waals surface area contributed by atoms with Gasteiger partial charge < -0.3 is 15.2 Å². The van der Waals surface area contributed by atoms with Crippen LogP contribution in [0.3, 0.4) is 0 Å². The predicted molar refractivity (Wildman–Crippen MR) is 91.6 cm³/mol. The van der Waals surface area contributed by atoms with Crippen LogP contribution in [0.25, 0.3) is 0 Å². The Bertz CT molecular complexity index is 487. The molecule has 124 valence electrons. The molecule has 1 fully saturated rings. The molecule has 1 aliphatic rings. The summed E-state index contributed by atoms with van der Waals surface area (Å²) >= 11 is 0. The van der Waals surface area contributed by atoms with Gasteiger partial charge in [0.2, 0.25) is 0 Å². The van der Waals surface area contributed by atoms with E-state index in [0.29, 0.717) is 25.1 Å². The van der Waals surface area contributed by atoms with Crippen molar-refractivity contribution in [2.75, 3.05) is 13.2 Å². The van der Waals surface area contributed by atoms with Crippen LogP contribution in [-0.4, -0.2) is 30.4 Å². The second-order valence-corrected chi connectivity index (χ2v) is 6.89. The van der Waals surface area contributed by atoms with Gasteiger partial charge in [-0.2, -0.15) is 0 Å². The van der Waals surface area contributed by atoms with E-state index in [2.05, 4.69) is 45.1 Å². The fourth-order valence-electron chi connectivity index (χ4n) is 3.29. The lowest BCUT2D eigenvalue weighted by atomic mass is 9.86. The first kappa shape index (κ1) is 17.3. The third-order valence-electron chi connectivity index (χ3n) is 5.02. The van der Waals surface area contributed by atoms with E-state index in [0.717, 1.165) is 11.3 Å². The van der Waals surface area contributed by atoms with E-state index in [1.807, 2.05) is 0 Å². The average molecular weight is 305 g/mol. The van der Waals surface area contributed by atoms with Gasteiger partial charge >= 0.3 is 0 Å². The zero-order chi connectivity index (χ0) is 16.1. The van der Waals surface area contributed by atoms with Crippen molar-refractivity contribution in [1.82, 2.24) is 5.32 Å². The molecule has 3 nitrogen and oxygen atoms in total. The van der Waals surface area contributed by atoms with E-state index in [1.165, 1.54) is 36.8 Å². The fraction of sp³-hybridized carbons (Fsp3) is 0.684. The van der Waals surface area contributed by atoms with Gasteiger partial charge in [-0.25, -0.2) is 0 Å². The zero-order valence-corrected chi connectivity index (χ0v) is 14.5. The van der Waals surface area contributed by atoms with Crippen molar-refractivity contribution in [3.63, 3.8) is 0 Å². The molecule has 0 heterocycles. The van der Waals surface area contributed by atoms with Crippen LogP contribution in [0.15, 0.2) is 12.1 Å². The van der Waals surface area contributed by atoms with E-state index >= 15 is 0 Å². The van der Waals surface area contributed by atoms with E-state index in [4.69, 9.17) is 4.74 Å². The molecular weight excluding hydrogens is 274 g/mol. The van der Waals surface area contributed by atoms with E-state index < -0.39 is 6.10 Å².